The molecule has 0 bridgehead atoms. The second-order valence-corrected chi connectivity index (χ2v) is 8.22. The topological polar surface area (TPSA) is 41.6 Å². The molecular weight excluding hydrogens is 380 g/mol. The molecule has 0 saturated carbocycles. The quantitative estimate of drug-likeness (QED) is 0.580. The maximum absolute atomic E-state index is 13.0. The van der Waals surface area contributed by atoms with E-state index < -0.39 is 0 Å². The van der Waals surface area contributed by atoms with E-state index in [1.807, 2.05) is 72.5 Å². The molecule has 0 aliphatic carbocycles. The number of anilines is 1. The predicted octanol–water partition coefficient (Wildman–Crippen LogP) is 5.85. The smallest absolute Gasteiger partial charge is 0.323 e. The first-order valence-corrected chi connectivity index (χ1v) is 10.8. The van der Waals surface area contributed by atoms with E-state index in [0.29, 0.717) is 13.2 Å². The van der Waals surface area contributed by atoms with Crippen LogP contribution in [0, 0.1) is 6.92 Å². The maximum atomic E-state index is 13.0. The summed E-state index contributed by atoms with van der Waals surface area (Å²) < 4.78 is 6.13. The largest absolute Gasteiger partial charge is 0.489 e. The average Bonchev–Trinajstić information content (AvgIpc) is 3.23. The van der Waals surface area contributed by atoms with E-state index in [0.717, 1.165) is 33.9 Å². The highest BCUT2D eigenvalue weighted by atomic mass is 32.2. The molecule has 1 saturated heterocycles. The first kappa shape index (κ1) is 19.4. The highest BCUT2D eigenvalue weighted by Gasteiger charge is 2.32. The Kier molecular flexibility index (Phi) is 6.06. The molecule has 3 aromatic rings. The third-order valence-electron chi connectivity index (χ3n) is 4.84. The van der Waals surface area contributed by atoms with Gasteiger partial charge in [-0.05, 0) is 36.2 Å². The second kappa shape index (κ2) is 9.05. The molecule has 1 heterocycles. The lowest BCUT2D eigenvalue weighted by atomic mass is 10.1. The van der Waals surface area contributed by atoms with E-state index in [4.69, 9.17) is 4.74 Å². The first-order chi connectivity index (χ1) is 14.2. The second-order valence-electron chi connectivity index (χ2n) is 7.03. The van der Waals surface area contributed by atoms with Gasteiger partial charge in [0.25, 0.3) is 0 Å². The molecule has 0 aromatic heterocycles. The number of carbonyl (C=O) groups is 1. The van der Waals surface area contributed by atoms with E-state index >= 15 is 0 Å². The number of aryl methyl sites for hydroxylation is 1. The fourth-order valence-corrected chi connectivity index (χ4v) is 4.69. The summed E-state index contributed by atoms with van der Waals surface area (Å²) in [7, 11) is 0. The molecular formula is C24H24N2O2S. The Bertz CT molecular complexity index is 977. The lowest BCUT2D eigenvalue weighted by Crippen LogP contribution is -2.34. The van der Waals surface area contributed by atoms with Crippen molar-refractivity contribution in [3.8, 4) is 5.75 Å². The third-order valence-corrected chi connectivity index (χ3v) is 6.09. The van der Waals surface area contributed by atoms with Crippen molar-refractivity contribution in [1.82, 2.24) is 4.90 Å². The van der Waals surface area contributed by atoms with Crippen LogP contribution in [0.5, 0.6) is 5.75 Å². The zero-order valence-corrected chi connectivity index (χ0v) is 17.2. The minimum absolute atomic E-state index is 0.0632. The normalized spacial score (nSPS) is 15.9. The van der Waals surface area contributed by atoms with Crippen LogP contribution in [0.2, 0.25) is 0 Å². The molecule has 1 fully saturated rings. The summed E-state index contributed by atoms with van der Waals surface area (Å²) in [5.74, 6) is 1.72. The number of carbonyl (C=O) groups excluding carboxylic acids is 1. The van der Waals surface area contributed by atoms with Crippen LogP contribution in [0.25, 0.3) is 0 Å². The van der Waals surface area contributed by atoms with Gasteiger partial charge in [-0.2, -0.15) is 0 Å². The maximum Gasteiger partial charge on any atom is 0.323 e. The summed E-state index contributed by atoms with van der Waals surface area (Å²) in [6.07, 6.45) is 0. The molecule has 0 radical (unpaired) electrons. The Labute approximate surface area is 175 Å². The van der Waals surface area contributed by atoms with Crippen LogP contribution in [0.1, 0.15) is 22.1 Å². The summed E-state index contributed by atoms with van der Waals surface area (Å²) >= 11 is 1.77. The number of para-hydroxylation sites is 1. The Hall–Kier alpha value is -2.92. The number of amides is 2. The molecule has 29 heavy (non-hydrogen) atoms. The monoisotopic (exact) mass is 404 g/mol. The zero-order valence-electron chi connectivity index (χ0n) is 16.4. The molecule has 1 N–H and O–H groups in total. The number of benzene rings is 3. The van der Waals surface area contributed by atoms with Gasteiger partial charge in [-0.15, -0.1) is 11.8 Å². The van der Waals surface area contributed by atoms with Crippen LogP contribution >= 0.6 is 11.8 Å². The predicted molar refractivity (Wildman–Crippen MR) is 119 cm³/mol. The summed E-state index contributed by atoms with van der Waals surface area (Å²) in [6, 6.07) is 25.9. The fraction of sp³-hybridized carbons (Fsp3) is 0.208. The summed E-state index contributed by atoms with van der Waals surface area (Å²) in [6.45, 7) is 3.23. The van der Waals surface area contributed by atoms with Gasteiger partial charge in [0, 0.05) is 23.5 Å². The molecule has 1 atom stereocenters. The van der Waals surface area contributed by atoms with Gasteiger partial charge in [0.15, 0.2) is 0 Å². The minimum Gasteiger partial charge on any atom is -0.489 e. The Morgan fingerprint density at radius 3 is 2.69 bits per heavy atom. The lowest BCUT2D eigenvalue weighted by Gasteiger charge is -2.26. The van der Waals surface area contributed by atoms with Crippen molar-refractivity contribution in [1.29, 1.82) is 0 Å². The zero-order chi connectivity index (χ0) is 20.1. The van der Waals surface area contributed by atoms with Gasteiger partial charge in [-0.25, -0.2) is 4.79 Å². The number of urea groups is 1. The molecule has 4 rings (SSSR count). The van der Waals surface area contributed by atoms with Crippen LogP contribution in [0.3, 0.4) is 0 Å². The number of ether oxygens (including phenoxy) is 1. The fourth-order valence-electron chi connectivity index (χ4n) is 3.41. The average molecular weight is 405 g/mol. The number of nitrogens with zero attached hydrogens (tertiary/aromatic N) is 1. The molecule has 0 unspecified atom stereocenters. The van der Waals surface area contributed by atoms with Gasteiger partial charge in [0.2, 0.25) is 0 Å². The van der Waals surface area contributed by atoms with E-state index in [1.165, 1.54) is 0 Å². The molecule has 0 spiro atoms. The number of thioether (sulfide) groups is 1. The SMILES string of the molecule is Cc1cccc(NC(=O)N2CCS[C@H]2c2ccccc2OCc2ccccc2)c1. The van der Waals surface area contributed by atoms with Crippen molar-refractivity contribution in [3.05, 3.63) is 95.6 Å². The van der Waals surface area contributed by atoms with Crippen molar-refractivity contribution >= 4 is 23.5 Å². The van der Waals surface area contributed by atoms with Crippen molar-refractivity contribution in [3.63, 3.8) is 0 Å². The number of hydrogen-bond donors (Lipinski definition) is 1. The molecule has 2 amide bonds. The van der Waals surface area contributed by atoms with Gasteiger partial charge in [0.1, 0.15) is 17.7 Å². The van der Waals surface area contributed by atoms with Crippen LogP contribution in [-0.2, 0) is 6.61 Å². The number of hydrogen-bond acceptors (Lipinski definition) is 3. The summed E-state index contributed by atoms with van der Waals surface area (Å²) in [5, 5.41) is 2.97. The van der Waals surface area contributed by atoms with Crippen LogP contribution in [0.15, 0.2) is 78.9 Å². The van der Waals surface area contributed by atoms with E-state index in [-0.39, 0.29) is 11.4 Å². The summed E-state index contributed by atoms with van der Waals surface area (Å²) in [5.41, 5.74) is 4.09. The highest BCUT2D eigenvalue weighted by Crippen LogP contribution is 2.42. The number of rotatable bonds is 5. The van der Waals surface area contributed by atoms with Gasteiger partial charge >= 0.3 is 6.03 Å². The van der Waals surface area contributed by atoms with Crippen LogP contribution in [-0.4, -0.2) is 23.2 Å². The van der Waals surface area contributed by atoms with Crippen molar-refractivity contribution in [2.24, 2.45) is 0 Å². The minimum atomic E-state index is -0.0801. The number of nitrogens with one attached hydrogen (secondary N) is 1. The molecule has 148 valence electrons. The Morgan fingerprint density at radius 2 is 1.86 bits per heavy atom. The standard InChI is InChI=1S/C24H24N2O2S/c1-18-8-7-11-20(16-18)25-24(27)26-14-15-29-23(26)21-12-5-6-13-22(21)28-17-19-9-3-2-4-10-19/h2-13,16,23H,14-15,17H2,1H3,(H,25,27)/t23-/m0/s1. The van der Waals surface area contributed by atoms with E-state index in [1.54, 1.807) is 11.8 Å². The molecule has 4 nitrogen and oxygen atoms in total. The van der Waals surface area contributed by atoms with E-state index in [2.05, 4.69) is 23.5 Å². The van der Waals surface area contributed by atoms with Crippen LogP contribution in [0.4, 0.5) is 10.5 Å². The molecule has 1 aliphatic heterocycles. The van der Waals surface area contributed by atoms with Crippen molar-refractivity contribution in [2.45, 2.75) is 18.9 Å². The molecule has 3 aromatic carbocycles. The third kappa shape index (κ3) is 4.74. The van der Waals surface area contributed by atoms with Crippen LogP contribution < -0.4 is 10.1 Å². The van der Waals surface area contributed by atoms with E-state index in [9.17, 15) is 4.79 Å². The van der Waals surface area contributed by atoms with Crippen molar-refractivity contribution in [2.75, 3.05) is 17.6 Å². The van der Waals surface area contributed by atoms with Gasteiger partial charge in [-0.1, -0.05) is 60.7 Å². The molecule has 5 heteroatoms. The Morgan fingerprint density at radius 1 is 1.07 bits per heavy atom. The lowest BCUT2D eigenvalue weighted by molar-refractivity contribution is 0.213. The van der Waals surface area contributed by atoms with Crippen molar-refractivity contribution < 1.29 is 9.53 Å². The van der Waals surface area contributed by atoms with Gasteiger partial charge in [-0.3, -0.25) is 0 Å². The van der Waals surface area contributed by atoms with Gasteiger partial charge < -0.3 is 15.0 Å². The molecule has 1 aliphatic rings. The Balaban J connectivity index is 1.50. The highest BCUT2D eigenvalue weighted by molar-refractivity contribution is 7.99. The summed E-state index contributed by atoms with van der Waals surface area (Å²) in [4.78, 5) is 14.8. The first-order valence-electron chi connectivity index (χ1n) is 9.72. The van der Waals surface area contributed by atoms with Gasteiger partial charge in [0.05, 0.1) is 0 Å².